The maximum atomic E-state index is 13.1. The van der Waals surface area contributed by atoms with Gasteiger partial charge < -0.3 is 19.4 Å². The van der Waals surface area contributed by atoms with E-state index in [9.17, 15) is 9.59 Å². The summed E-state index contributed by atoms with van der Waals surface area (Å²) in [6, 6.07) is 24.5. The Morgan fingerprint density at radius 3 is 2.38 bits per heavy atom. The lowest BCUT2D eigenvalue weighted by atomic mass is 10.1. The summed E-state index contributed by atoms with van der Waals surface area (Å²) in [4.78, 5) is 37.2. The van der Waals surface area contributed by atoms with Gasteiger partial charge in [0.2, 0.25) is 5.95 Å². The minimum Gasteiger partial charge on any atom is -0.461 e. The van der Waals surface area contributed by atoms with Crippen molar-refractivity contribution in [3.05, 3.63) is 107 Å². The summed E-state index contributed by atoms with van der Waals surface area (Å²) in [6.07, 6.45) is 3.56. The van der Waals surface area contributed by atoms with E-state index in [4.69, 9.17) is 9.47 Å². The fraction of sp³-hybridized carbons (Fsp3) is 0.263. The highest BCUT2D eigenvalue weighted by Gasteiger charge is 2.17. The average Bonchev–Trinajstić information content (AvgIpc) is 3.50. The smallest absolute Gasteiger partial charge is 0.357 e. The lowest BCUT2D eigenvalue weighted by Gasteiger charge is -2.26. The van der Waals surface area contributed by atoms with E-state index in [1.54, 1.807) is 6.07 Å². The number of unbranched alkanes of at least 4 members (excludes halogenated alkanes) is 1. The van der Waals surface area contributed by atoms with E-state index in [0.717, 1.165) is 73.3 Å². The van der Waals surface area contributed by atoms with Crippen LogP contribution in [-0.2, 0) is 23.1 Å². The van der Waals surface area contributed by atoms with Crippen molar-refractivity contribution in [3.63, 3.8) is 0 Å². The fourth-order valence-corrected chi connectivity index (χ4v) is 5.38. The van der Waals surface area contributed by atoms with Gasteiger partial charge in [-0.15, -0.1) is 0 Å². The predicted octanol–water partition coefficient (Wildman–Crippen LogP) is 6.47. The Morgan fingerprint density at radius 1 is 0.917 bits per heavy atom. The molecule has 48 heavy (non-hydrogen) atoms. The number of hydrogen-bond acceptors (Lipinski definition) is 7. The number of amides is 2. The van der Waals surface area contributed by atoms with Gasteiger partial charge in [0.1, 0.15) is 0 Å². The Hall–Kier alpha value is -5.50. The molecular formula is C38H38N6O4. The third-order valence-electron chi connectivity index (χ3n) is 8.06. The number of nitrogens with one attached hydrogen (secondary N) is 2. The second-order valence-electron chi connectivity index (χ2n) is 11.6. The van der Waals surface area contributed by atoms with Crippen molar-refractivity contribution < 1.29 is 19.1 Å². The molecule has 0 bridgehead atoms. The van der Waals surface area contributed by atoms with Crippen LogP contribution in [0.1, 0.15) is 46.9 Å². The highest BCUT2D eigenvalue weighted by Crippen LogP contribution is 2.25. The second kappa shape index (κ2) is 15.4. The molecule has 3 aromatic carbocycles. The van der Waals surface area contributed by atoms with Crippen molar-refractivity contribution >= 4 is 34.5 Å². The van der Waals surface area contributed by atoms with Crippen molar-refractivity contribution in [1.82, 2.24) is 19.4 Å². The number of urea groups is 1. The number of hydrogen-bond donors (Lipinski definition) is 2. The molecule has 3 heterocycles. The molecule has 1 saturated heterocycles. The number of nitrogens with zero attached hydrogens (tertiary/aromatic N) is 4. The molecule has 10 nitrogen and oxygen atoms in total. The van der Waals surface area contributed by atoms with Crippen LogP contribution in [0, 0.1) is 11.8 Å². The Kier molecular flexibility index (Phi) is 10.4. The Bertz CT molecular complexity index is 1950. The molecule has 2 amide bonds. The molecule has 0 atom stereocenters. The topological polar surface area (TPSA) is 111 Å². The number of anilines is 2. The van der Waals surface area contributed by atoms with Gasteiger partial charge in [0.15, 0.2) is 5.69 Å². The van der Waals surface area contributed by atoms with Gasteiger partial charge in [0, 0.05) is 60.5 Å². The molecule has 0 aliphatic carbocycles. The minimum absolute atomic E-state index is 0.0198. The van der Waals surface area contributed by atoms with Crippen LogP contribution in [0.2, 0.25) is 0 Å². The number of aryl methyl sites for hydroxylation is 1. The zero-order chi connectivity index (χ0) is 33.3. The number of morpholine rings is 1. The summed E-state index contributed by atoms with van der Waals surface area (Å²) in [7, 11) is 1.94. The third kappa shape index (κ3) is 8.25. The fourth-order valence-electron chi connectivity index (χ4n) is 5.38. The van der Waals surface area contributed by atoms with Crippen molar-refractivity contribution in [2.75, 3.05) is 43.5 Å². The summed E-state index contributed by atoms with van der Waals surface area (Å²) < 4.78 is 12.8. The Morgan fingerprint density at radius 2 is 1.65 bits per heavy atom. The Labute approximate surface area is 280 Å². The van der Waals surface area contributed by atoms with Gasteiger partial charge in [0.25, 0.3) is 0 Å². The van der Waals surface area contributed by atoms with Gasteiger partial charge in [-0.2, -0.15) is 0 Å². The van der Waals surface area contributed by atoms with Crippen LogP contribution in [0.15, 0.2) is 85.1 Å². The largest absolute Gasteiger partial charge is 0.461 e. The summed E-state index contributed by atoms with van der Waals surface area (Å²) in [5.74, 6) is 5.86. The third-order valence-corrected chi connectivity index (χ3v) is 8.06. The Balaban J connectivity index is 1.17. The molecule has 2 N–H and O–H groups in total. The number of esters is 1. The van der Waals surface area contributed by atoms with Crippen LogP contribution in [0.25, 0.3) is 22.2 Å². The first-order valence-electron chi connectivity index (χ1n) is 16.1. The summed E-state index contributed by atoms with van der Waals surface area (Å²) in [5.41, 5.74) is 5.89. The first-order chi connectivity index (χ1) is 23.4. The van der Waals surface area contributed by atoms with E-state index in [0.29, 0.717) is 11.4 Å². The number of aromatic nitrogens is 3. The average molecular weight is 643 g/mol. The number of fused-ring (bicyclic) bond motifs is 1. The first kappa shape index (κ1) is 32.4. The molecule has 6 rings (SSSR count). The molecule has 0 unspecified atom stereocenters. The van der Waals surface area contributed by atoms with Crippen molar-refractivity contribution in [2.24, 2.45) is 7.05 Å². The molecule has 1 fully saturated rings. The molecule has 1 aliphatic heterocycles. The van der Waals surface area contributed by atoms with E-state index in [1.807, 2.05) is 85.4 Å². The van der Waals surface area contributed by atoms with Crippen molar-refractivity contribution in [3.8, 4) is 23.1 Å². The van der Waals surface area contributed by atoms with Gasteiger partial charge in [-0.05, 0) is 60.5 Å². The predicted molar refractivity (Wildman–Crippen MR) is 187 cm³/mol. The van der Waals surface area contributed by atoms with Crippen molar-refractivity contribution in [1.29, 1.82) is 0 Å². The molecule has 0 radical (unpaired) electrons. The van der Waals surface area contributed by atoms with Gasteiger partial charge in [-0.3, -0.25) is 10.2 Å². The SMILES string of the molecule is CCCCOC(=O)c1cc(-c2ccc(C#Cc3ccc(CN4CCOCC4)cc3)cc2)nc(NC(=O)Nc2cccc3c2ccn3C)n1. The summed E-state index contributed by atoms with van der Waals surface area (Å²) in [5, 5.41) is 6.46. The minimum atomic E-state index is -0.580. The molecule has 0 saturated carbocycles. The number of rotatable bonds is 9. The lowest BCUT2D eigenvalue weighted by Crippen LogP contribution is -2.35. The monoisotopic (exact) mass is 642 g/mol. The number of benzene rings is 3. The highest BCUT2D eigenvalue weighted by atomic mass is 16.5. The number of ether oxygens (including phenoxy) is 2. The van der Waals surface area contributed by atoms with Crippen LogP contribution >= 0.6 is 0 Å². The van der Waals surface area contributed by atoms with Crippen LogP contribution in [-0.4, -0.2) is 64.3 Å². The van der Waals surface area contributed by atoms with E-state index in [-0.39, 0.29) is 18.2 Å². The zero-order valence-electron chi connectivity index (χ0n) is 27.2. The molecule has 5 aromatic rings. The van der Waals surface area contributed by atoms with E-state index in [1.165, 1.54) is 5.56 Å². The molecule has 0 spiro atoms. The van der Waals surface area contributed by atoms with Crippen LogP contribution in [0.4, 0.5) is 16.4 Å². The lowest BCUT2D eigenvalue weighted by molar-refractivity contribution is 0.0342. The maximum absolute atomic E-state index is 13.1. The van der Waals surface area contributed by atoms with E-state index < -0.39 is 12.0 Å². The standard InChI is InChI=1S/C38H38N6O4/c1-3-4-22-48-36(45)34-25-33(39-37(40-34)42-38(46)41-32-6-5-7-35-31(32)18-19-43(35)2)30-16-14-28(15-17-30)9-8-27-10-12-29(13-11-27)26-44-20-23-47-24-21-44/h5-7,10-19,25H,3-4,20-24,26H2,1-2H3,(H2,39,40,41,42,46). The van der Waals surface area contributed by atoms with E-state index >= 15 is 0 Å². The van der Waals surface area contributed by atoms with Crippen LogP contribution < -0.4 is 10.6 Å². The molecule has 244 valence electrons. The van der Waals surface area contributed by atoms with Gasteiger partial charge in [-0.1, -0.05) is 55.5 Å². The van der Waals surface area contributed by atoms with Gasteiger partial charge in [-0.25, -0.2) is 19.6 Å². The highest BCUT2D eigenvalue weighted by molar-refractivity contribution is 6.05. The number of carbonyl (C=O) groups excluding carboxylic acids is 2. The van der Waals surface area contributed by atoms with Crippen LogP contribution in [0.3, 0.4) is 0 Å². The second-order valence-corrected chi connectivity index (χ2v) is 11.6. The van der Waals surface area contributed by atoms with Gasteiger partial charge >= 0.3 is 12.0 Å². The quantitative estimate of drug-likeness (QED) is 0.108. The summed E-state index contributed by atoms with van der Waals surface area (Å²) in [6.45, 7) is 6.69. The first-order valence-corrected chi connectivity index (χ1v) is 16.1. The van der Waals surface area contributed by atoms with Gasteiger partial charge in [0.05, 0.1) is 31.2 Å². The summed E-state index contributed by atoms with van der Waals surface area (Å²) >= 11 is 0. The van der Waals surface area contributed by atoms with Crippen LogP contribution in [0.5, 0.6) is 0 Å². The normalized spacial score (nSPS) is 13.0. The molecular weight excluding hydrogens is 604 g/mol. The molecule has 2 aromatic heterocycles. The molecule has 1 aliphatic rings. The van der Waals surface area contributed by atoms with Crippen molar-refractivity contribution in [2.45, 2.75) is 26.3 Å². The number of carbonyl (C=O) groups is 2. The van der Waals surface area contributed by atoms with E-state index in [2.05, 4.69) is 49.5 Å². The zero-order valence-corrected chi connectivity index (χ0v) is 27.2. The molecule has 10 heteroatoms. The maximum Gasteiger partial charge on any atom is 0.357 e.